The lowest BCUT2D eigenvalue weighted by Crippen LogP contribution is -2.23. The van der Waals surface area contributed by atoms with E-state index in [2.05, 4.69) is 4.57 Å². The summed E-state index contributed by atoms with van der Waals surface area (Å²) < 4.78 is 11.7. The Hall–Kier alpha value is -1.82. The van der Waals surface area contributed by atoms with Gasteiger partial charge in [-0.25, -0.2) is 9.59 Å². The molecule has 0 amide bonds. The van der Waals surface area contributed by atoms with Crippen molar-refractivity contribution < 1.29 is 23.9 Å². The first-order valence-corrected chi connectivity index (χ1v) is 7.45. The maximum Gasteiger partial charge on any atom is 0.391 e. The molecule has 0 N–H and O–H groups in total. The first kappa shape index (κ1) is 16.5. The van der Waals surface area contributed by atoms with E-state index in [0.29, 0.717) is 17.9 Å². The summed E-state index contributed by atoms with van der Waals surface area (Å²) in [5.41, 5.74) is 2.55. The van der Waals surface area contributed by atoms with Crippen LogP contribution < -0.4 is 0 Å². The van der Waals surface area contributed by atoms with Gasteiger partial charge < -0.3 is 14.0 Å². The molecule has 2 rings (SSSR count). The highest BCUT2D eigenvalue weighted by Crippen LogP contribution is 2.28. The van der Waals surface area contributed by atoms with Gasteiger partial charge in [-0.15, -0.1) is 0 Å². The van der Waals surface area contributed by atoms with Gasteiger partial charge >= 0.3 is 17.2 Å². The smallest absolute Gasteiger partial charge is 0.391 e. The van der Waals surface area contributed by atoms with Crippen LogP contribution in [-0.2, 0) is 32.0 Å². The number of ether oxygens (including phenoxy) is 2. The van der Waals surface area contributed by atoms with E-state index in [9.17, 15) is 14.4 Å². The third kappa shape index (κ3) is 3.50. The highest BCUT2D eigenvalue weighted by Gasteiger charge is 2.26. The summed E-state index contributed by atoms with van der Waals surface area (Å²) >= 11 is 5.02. The van der Waals surface area contributed by atoms with Crippen LogP contribution >= 0.6 is 11.6 Å². The molecule has 2 heterocycles. The van der Waals surface area contributed by atoms with Crippen molar-refractivity contribution in [3.8, 4) is 0 Å². The van der Waals surface area contributed by atoms with Gasteiger partial charge in [0.15, 0.2) is 0 Å². The Kier molecular flexibility index (Phi) is 5.24. The minimum absolute atomic E-state index is 0.168. The van der Waals surface area contributed by atoms with Gasteiger partial charge in [0.25, 0.3) is 0 Å². The number of carbonyl (C=O) groups is 3. The minimum Gasteiger partial charge on any atom is -0.465 e. The van der Waals surface area contributed by atoms with E-state index in [1.54, 1.807) is 0 Å². The third-order valence-electron chi connectivity index (χ3n) is 3.93. The lowest BCUT2D eigenvalue weighted by Gasteiger charge is -2.25. The molecule has 1 aromatic rings. The number of aryl methyl sites for hydroxylation is 1. The average molecular weight is 328 g/mol. The fourth-order valence-electron chi connectivity index (χ4n) is 2.88. The van der Waals surface area contributed by atoms with Crippen LogP contribution in [0.5, 0.6) is 0 Å². The summed E-state index contributed by atoms with van der Waals surface area (Å²) in [4.78, 5) is 33.4. The van der Waals surface area contributed by atoms with E-state index in [0.717, 1.165) is 30.6 Å². The van der Waals surface area contributed by atoms with Crippen LogP contribution in [0.15, 0.2) is 6.20 Å². The molecule has 22 heavy (non-hydrogen) atoms. The summed E-state index contributed by atoms with van der Waals surface area (Å²) in [5.74, 6) is -0.995. The molecular formula is C15H18ClNO5. The molecule has 1 aliphatic rings. The van der Waals surface area contributed by atoms with Gasteiger partial charge in [-0.05, 0) is 49.3 Å². The first-order chi connectivity index (χ1) is 10.4. The Morgan fingerprint density at radius 1 is 1.41 bits per heavy atom. The Bertz CT molecular complexity index is 607. The number of aromatic nitrogens is 1. The van der Waals surface area contributed by atoms with Gasteiger partial charge in [0.1, 0.15) is 0 Å². The molecule has 0 aromatic carbocycles. The highest BCUT2D eigenvalue weighted by atomic mass is 35.5. The second kappa shape index (κ2) is 6.96. The number of fused-ring (bicyclic) bond motifs is 1. The molecule has 0 radical (unpaired) electrons. The second-order valence-electron chi connectivity index (χ2n) is 5.38. The van der Waals surface area contributed by atoms with Crippen LogP contribution in [0.4, 0.5) is 0 Å². The van der Waals surface area contributed by atoms with E-state index in [4.69, 9.17) is 21.1 Å². The van der Waals surface area contributed by atoms with Crippen LogP contribution in [0.1, 0.15) is 34.5 Å². The summed E-state index contributed by atoms with van der Waals surface area (Å²) in [6.45, 7) is 2.81. The largest absolute Gasteiger partial charge is 0.465 e. The molecule has 0 spiro atoms. The summed E-state index contributed by atoms with van der Waals surface area (Å²) in [5, 5.41) is -1.10. The Balaban J connectivity index is 1.96. The van der Waals surface area contributed by atoms with Gasteiger partial charge in [0.2, 0.25) is 0 Å². The van der Waals surface area contributed by atoms with Crippen LogP contribution in [0.25, 0.3) is 0 Å². The van der Waals surface area contributed by atoms with Crippen LogP contribution in [0.3, 0.4) is 0 Å². The monoisotopic (exact) mass is 327 g/mol. The summed E-state index contributed by atoms with van der Waals surface area (Å²) in [6.07, 6.45) is 4.26. The van der Waals surface area contributed by atoms with Crippen molar-refractivity contribution in [1.82, 2.24) is 4.57 Å². The number of hydrogen-bond donors (Lipinski definition) is 0. The Labute approximate surface area is 133 Å². The molecule has 1 unspecified atom stereocenters. The lowest BCUT2D eigenvalue weighted by atomic mass is 9.94. The number of carbonyl (C=O) groups excluding carboxylic acids is 3. The Morgan fingerprint density at radius 3 is 2.77 bits per heavy atom. The zero-order valence-electron chi connectivity index (χ0n) is 12.6. The molecular weight excluding hydrogens is 310 g/mol. The summed E-state index contributed by atoms with van der Waals surface area (Å²) in [6, 6.07) is 0. The van der Waals surface area contributed by atoms with Gasteiger partial charge in [0.05, 0.1) is 19.3 Å². The van der Waals surface area contributed by atoms with Crippen LogP contribution in [-0.4, -0.2) is 35.5 Å². The molecule has 0 fully saturated rings. The molecule has 120 valence electrons. The number of hydrogen-bond acceptors (Lipinski definition) is 5. The number of halogens is 1. The zero-order chi connectivity index (χ0) is 16.3. The van der Waals surface area contributed by atoms with Gasteiger partial charge in [0, 0.05) is 18.4 Å². The van der Waals surface area contributed by atoms with Crippen molar-refractivity contribution in [3.63, 3.8) is 0 Å². The first-order valence-electron chi connectivity index (χ1n) is 7.07. The molecule has 1 aromatic heterocycles. The van der Waals surface area contributed by atoms with E-state index in [1.165, 1.54) is 7.11 Å². The molecule has 0 aliphatic carbocycles. The van der Waals surface area contributed by atoms with E-state index in [-0.39, 0.29) is 12.6 Å². The van der Waals surface area contributed by atoms with Gasteiger partial charge in [-0.3, -0.25) is 4.79 Å². The minimum atomic E-state index is -1.10. The molecule has 6 nitrogen and oxygen atoms in total. The normalized spacial score (nSPS) is 16.8. The molecule has 1 atom stereocenters. The lowest BCUT2D eigenvalue weighted by molar-refractivity contribution is -0.150. The van der Waals surface area contributed by atoms with Crippen molar-refractivity contribution in [3.05, 3.63) is 23.0 Å². The fourth-order valence-corrected chi connectivity index (χ4v) is 2.94. The third-order valence-corrected chi connectivity index (χ3v) is 4.09. The predicted molar refractivity (Wildman–Crippen MR) is 78.8 cm³/mol. The topological polar surface area (TPSA) is 74.6 Å². The van der Waals surface area contributed by atoms with Crippen molar-refractivity contribution in [2.75, 3.05) is 13.7 Å². The summed E-state index contributed by atoms with van der Waals surface area (Å²) in [7, 11) is 1.38. The fraction of sp³-hybridized carbons (Fsp3) is 0.533. The van der Waals surface area contributed by atoms with Gasteiger partial charge in [-0.1, -0.05) is 0 Å². The van der Waals surface area contributed by atoms with E-state index >= 15 is 0 Å². The zero-order valence-corrected chi connectivity index (χ0v) is 13.3. The molecule has 0 saturated heterocycles. The molecule has 7 heteroatoms. The number of esters is 2. The molecule has 0 saturated carbocycles. The number of methoxy groups -OCH3 is 1. The van der Waals surface area contributed by atoms with Crippen molar-refractivity contribution in [1.29, 1.82) is 0 Å². The molecule has 1 aliphatic heterocycles. The highest BCUT2D eigenvalue weighted by molar-refractivity contribution is 6.80. The maximum atomic E-state index is 11.8. The van der Waals surface area contributed by atoms with Gasteiger partial charge in [-0.2, -0.15) is 0 Å². The molecule has 0 bridgehead atoms. The van der Waals surface area contributed by atoms with Crippen molar-refractivity contribution in [2.24, 2.45) is 5.92 Å². The van der Waals surface area contributed by atoms with E-state index < -0.39 is 11.2 Å². The standard InChI is InChI=1S/C15H18ClNO5/c1-9-7-17-8-10(5-6-22-15(20)13(16)18)3-4-11(17)12(9)14(19)21-2/h7,10H,3-6,8H2,1-2H3. The van der Waals surface area contributed by atoms with Crippen molar-refractivity contribution in [2.45, 2.75) is 32.7 Å². The van der Waals surface area contributed by atoms with Crippen LogP contribution in [0, 0.1) is 12.8 Å². The number of rotatable bonds is 5. The average Bonchev–Trinajstić information content (AvgIpc) is 2.81. The second-order valence-corrected chi connectivity index (χ2v) is 5.72. The SMILES string of the molecule is COC(=O)c1c(C)cn2c1CCC(CCOC(=O)C(=O)Cl)C2. The van der Waals surface area contributed by atoms with Crippen molar-refractivity contribution >= 4 is 28.8 Å². The predicted octanol–water partition coefficient (Wildman–Crippen LogP) is 1.84. The quantitative estimate of drug-likeness (QED) is 0.468. The Morgan fingerprint density at radius 2 is 2.14 bits per heavy atom. The van der Waals surface area contributed by atoms with Crippen LogP contribution in [0.2, 0.25) is 0 Å². The van der Waals surface area contributed by atoms with E-state index in [1.807, 2.05) is 13.1 Å². The number of nitrogens with zero attached hydrogens (tertiary/aromatic N) is 1. The maximum absolute atomic E-state index is 11.8.